The van der Waals surface area contributed by atoms with Gasteiger partial charge in [-0.25, -0.2) is 17.6 Å². The maximum absolute atomic E-state index is 12.7. The van der Waals surface area contributed by atoms with Crippen molar-refractivity contribution in [1.82, 2.24) is 0 Å². The molecule has 0 bridgehead atoms. The Bertz CT molecular complexity index is 601. The summed E-state index contributed by atoms with van der Waals surface area (Å²) >= 11 is 0. The monoisotopic (exact) mass is 390 g/mol. The summed E-state index contributed by atoms with van der Waals surface area (Å²) in [6.07, 6.45) is 4.85. The lowest BCUT2D eigenvalue weighted by atomic mass is 9.95. The lowest BCUT2D eigenvalue weighted by Crippen LogP contribution is -2.28. The van der Waals surface area contributed by atoms with Crippen LogP contribution in [0.5, 0.6) is 0 Å². The van der Waals surface area contributed by atoms with Gasteiger partial charge in [0.25, 0.3) is 0 Å². The Kier molecular flexibility index (Phi) is 12.0. The zero-order valence-corrected chi connectivity index (χ0v) is 14.9. The zero-order valence-electron chi connectivity index (χ0n) is 14.9. The van der Waals surface area contributed by atoms with Crippen molar-refractivity contribution in [2.24, 2.45) is 0 Å². The van der Waals surface area contributed by atoms with Crippen LogP contribution in [0.2, 0.25) is 0 Å². The first kappa shape index (κ1) is 24.8. The second kappa shape index (κ2) is 13.0. The molecule has 0 heterocycles. The fourth-order valence-corrected chi connectivity index (χ4v) is 2.08. The molecule has 1 fully saturated rings. The number of benzene rings is 1. The second-order valence-corrected chi connectivity index (χ2v) is 5.73. The standard InChI is InChI=1S/C8F4N2.C6H12O2.C4H10O/c9-5-3(1-13)6(10)8(12)4(2-14)7(5)11;7-5-3-1-2-4-6(5)8;1-2-3-4-5/h;5-8H,1-4H2;5H,2-4H2,1H3/t;5-,6-;/m.1./s1. The number of hydrogen-bond donors (Lipinski definition) is 3. The maximum Gasteiger partial charge on any atom is 0.181 e. The van der Waals surface area contributed by atoms with Crippen molar-refractivity contribution >= 4 is 0 Å². The highest BCUT2D eigenvalue weighted by Gasteiger charge is 2.25. The highest BCUT2D eigenvalue weighted by molar-refractivity contribution is 5.42. The first-order valence-electron chi connectivity index (χ1n) is 8.39. The molecular formula is C18H22F4N2O3. The molecule has 1 aromatic rings. The largest absolute Gasteiger partial charge is 0.396 e. The third kappa shape index (κ3) is 7.51. The van der Waals surface area contributed by atoms with Crippen LogP contribution >= 0.6 is 0 Å². The Hall–Kier alpha value is -2.20. The number of nitrogens with zero attached hydrogens (tertiary/aromatic N) is 2. The average molecular weight is 390 g/mol. The first-order valence-corrected chi connectivity index (χ1v) is 8.39. The molecule has 0 amide bonds. The molecule has 1 saturated carbocycles. The summed E-state index contributed by atoms with van der Waals surface area (Å²) < 4.78 is 50.9. The van der Waals surface area contributed by atoms with E-state index < -0.39 is 46.6 Å². The molecule has 150 valence electrons. The quantitative estimate of drug-likeness (QED) is 0.531. The summed E-state index contributed by atoms with van der Waals surface area (Å²) in [7, 11) is 0. The molecule has 0 radical (unpaired) electrons. The second-order valence-electron chi connectivity index (χ2n) is 5.73. The number of aliphatic hydroxyl groups is 3. The molecular weight excluding hydrogens is 368 g/mol. The van der Waals surface area contributed by atoms with E-state index in [1.807, 2.05) is 0 Å². The minimum atomic E-state index is -1.86. The van der Waals surface area contributed by atoms with Gasteiger partial charge in [-0.15, -0.1) is 0 Å². The lowest BCUT2D eigenvalue weighted by molar-refractivity contribution is -0.00865. The van der Waals surface area contributed by atoms with Gasteiger partial charge in [0, 0.05) is 6.61 Å². The Labute approximate surface area is 155 Å². The highest BCUT2D eigenvalue weighted by Crippen LogP contribution is 2.22. The van der Waals surface area contributed by atoms with Gasteiger partial charge in [0.15, 0.2) is 23.3 Å². The molecule has 1 aliphatic carbocycles. The Morgan fingerprint density at radius 2 is 1.19 bits per heavy atom. The molecule has 0 aliphatic heterocycles. The Morgan fingerprint density at radius 3 is 1.33 bits per heavy atom. The molecule has 2 atom stereocenters. The van der Waals surface area contributed by atoms with Crippen molar-refractivity contribution in [2.45, 2.75) is 57.7 Å². The van der Waals surface area contributed by atoms with E-state index in [4.69, 9.17) is 25.8 Å². The van der Waals surface area contributed by atoms with Crippen molar-refractivity contribution in [1.29, 1.82) is 10.5 Å². The predicted octanol–water partition coefficient (Wildman–Crippen LogP) is 3.05. The van der Waals surface area contributed by atoms with Gasteiger partial charge in [-0.2, -0.15) is 10.5 Å². The van der Waals surface area contributed by atoms with Gasteiger partial charge in [0.2, 0.25) is 0 Å². The van der Waals surface area contributed by atoms with Gasteiger partial charge < -0.3 is 15.3 Å². The van der Waals surface area contributed by atoms with Crippen LogP contribution in [-0.4, -0.2) is 34.1 Å². The van der Waals surface area contributed by atoms with E-state index in [1.54, 1.807) is 0 Å². The molecule has 9 heteroatoms. The van der Waals surface area contributed by atoms with Gasteiger partial charge in [0.1, 0.15) is 23.3 Å². The highest BCUT2D eigenvalue weighted by atomic mass is 19.2. The van der Waals surface area contributed by atoms with Crippen LogP contribution in [0.15, 0.2) is 0 Å². The van der Waals surface area contributed by atoms with Crippen molar-refractivity contribution in [3.05, 3.63) is 34.4 Å². The van der Waals surface area contributed by atoms with Crippen LogP contribution in [0.3, 0.4) is 0 Å². The van der Waals surface area contributed by atoms with Crippen LogP contribution in [0, 0.1) is 45.9 Å². The summed E-state index contributed by atoms with van der Waals surface area (Å²) in [6.45, 7) is 2.40. The minimum absolute atomic E-state index is 0.344. The summed E-state index contributed by atoms with van der Waals surface area (Å²) in [5.74, 6) is -7.43. The van der Waals surface area contributed by atoms with Gasteiger partial charge in [-0.3, -0.25) is 0 Å². The van der Waals surface area contributed by atoms with E-state index in [9.17, 15) is 17.6 Å². The fraction of sp³-hybridized carbons (Fsp3) is 0.556. The third-order valence-corrected chi connectivity index (χ3v) is 3.69. The number of rotatable bonds is 2. The van der Waals surface area contributed by atoms with Crippen LogP contribution in [-0.2, 0) is 0 Å². The van der Waals surface area contributed by atoms with E-state index in [2.05, 4.69) is 6.92 Å². The lowest BCUT2D eigenvalue weighted by Gasteiger charge is -2.22. The van der Waals surface area contributed by atoms with Crippen molar-refractivity contribution in [3.8, 4) is 12.1 Å². The molecule has 1 aliphatic rings. The maximum atomic E-state index is 12.7. The third-order valence-electron chi connectivity index (χ3n) is 3.69. The van der Waals surface area contributed by atoms with Crippen molar-refractivity contribution in [3.63, 3.8) is 0 Å². The van der Waals surface area contributed by atoms with E-state index in [0.717, 1.165) is 50.7 Å². The normalized spacial score (nSPS) is 18.1. The van der Waals surface area contributed by atoms with Crippen LogP contribution in [0.4, 0.5) is 17.6 Å². The van der Waals surface area contributed by atoms with E-state index in [-0.39, 0.29) is 0 Å². The number of nitriles is 2. The summed E-state index contributed by atoms with van der Waals surface area (Å²) in [6, 6.07) is 1.91. The molecule has 0 unspecified atom stereocenters. The first-order chi connectivity index (χ1) is 12.8. The Balaban J connectivity index is 0.000000437. The van der Waals surface area contributed by atoms with Crippen LogP contribution in [0.25, 0.3) is 0 Å². The van der Waals surface area contributed by atoms with Gasteiger partial charge in [-0.1, -0.05) is 26.2 Å². The smallest absolute Gasteiger partial charge is 0.181 e. The molecule has 0 saturated heterocycles. The van der Waals surface area contributed by atoms with Crippen molar-refractivity contribution < 1.29 is 32.9 Å². The fourth-order valence-electron chi connectivity index (χ4n) is 2.08. The van der Waals surface area contributed by atoms with E-state index >= 15 is 0 Å². The van der Waals surface area contributed by atoms with Gasteiger partial charge in [0.05, 0.1) is 12.2 Å². The molecule has 1 aromatic carbocycles. The topological polar surface area (TPSA) is 108 Å². The molecule has 2 rings (SSSR count). The SMILES string of the molecule is CCCCO.N#Cc1c(F)c(F)c(C#N)c(F)c1F.O[C@@H]1CCCC[C@H]1O. The molecule has 27 heavy (non-hydrogen) atoms. The minimum Gasteiger partial charge on any atom is -0.396 e. The van der Waals surface area contributed by atoms with Crippen LogP contribution in [0.1, 0.15) is 56.6 Å². The molecule has 0 aromatic heterocycles. The Morgan fingerprint density at radius 1 is 0.852 bits per heavy atom. The average Bonchev–Trinajstić information content (AvgIpc) is 2.65. The van der Waals surface area contributed by atoms with Crippen LogP contribution < -0.4 is 0 Å². The number of aliphatic hydroxyl groups excluding tert-OH is 3. The summed E-state index contributed by atoms with van der Waals surface area (Å²) in [4.78, 5) is 0. The summed E-state index contributed by atoms with van der Waals surface area (Å²) in [5, 5.41) is 42.3. The number of unbranched alkanes of at least 4 members (excludes halogenated alkanes) is 1. The number of hydrogen-bond acceptors (Lipinski definition) is 5. The number of halogens is 4. The molecule has 0 spiro atoms. The summed E-state index contributed by atoms with van der Waals surface area (Å²) in [5.41, 5.74) is -2.75. The van der Waals surface area contributed by atoms with Gasteiger partial charge in [-0.05, 0) is 19.3 Å². The van der Waals surface area contributed by atoms with Gasteiger partial charge >= 0.3 is 0 Å². The van der Waals surface area contributed by atoms with E-state index in [0.29, 0.717) is 6.61 Å². The molecule has 5 nitrogen and oxygen atoms in total. The molecule has 3 N–H and O–H groups in total. The van der Waals surface area contributed by atoms with E-state index in [1.165, 1.54) is 0 Å². The zero-order chi connectivity index (χ0) is 21.0. The predicted molar refractivity (Wildman–Crippen MR) is 88.2 cm³/mol. The van der Waals surface area contributed by atoms with Crippen molar-refractivity contribution in [2.75, 3.05) is 6.61 Å².